The third-order valence-corrected chi connectivity index (χ3v) is 4.60. The van der Waals surface area contributed by atoms with Crippen molar-refractivity contribution in [3.8, 4) is 0 Å². The first-order valence-corrected chi connectivity index (χ1v) is 8.88. The van der Waals surface area contributed by atoms with Crippen LogP contribution in [0.4, 0.5) is 0 Å². The SMILES string of the molecule is O=C(O)C[C@H]1CN(C(=O)c2ccccc2CCc2ccccc2)CCO1. The molecule has 0 unspecified atom stereocenters. The molecule has 0 bridgehead atoms. The molecule has 1 aliphatic heterocycles. The van der Waals surface area contributed by atoms with Gasteiger partial charge in [-0.05, 0) is 30.0 Å². The van der Waals surface area contributed by atoms with E-state index in [2.05, 4.69) is 12.1 Å². The maximum atomic E-state index is 13.0. The zero-order valence-corrected chi connectivity index (χ0v) is 14.6. The van der Waals surface area contributed by atoms with Gasteiger partial charge in [0.1, 0.15) is 0 Å². The largest absolute Gasteiger partial charge is 0.481 e. The Morgan fingerprint density at radius 2 is 1.77 bits per heavy atom. The summed E-state index contributed by atoms with van der Waals surface area (Å²) in [6.45, 7) is 1.18. The number of carbonyl (C=O) groups is 2. The number of aliphatic carboxylic acids is 1. The fraction of sp³-hybridized carbons (Fsp3) is 0.333. The first-order chi connectivity index (χ1) is 12.6. The number of benzene rings is 2. The van der Waals surface area contributed by atoms with Gasteiger partial charge in [-0.15, -0.1) is 0 Å². The van der Waals surface area contributed by atoms with Crippen molar-refractivity contribution in [2.24, 2.45) is 0 Å². The van der Waals surface area contributed by atoms with E-state index >= 15 is 0 Å². The van der Waals surface area contributed by atoms with Crippen molar-refractivity contribution >= 4 is 11.9 Å². The van der Waals surface area contributed by atoms with Gasteiger partial charge in [0.15, 0.2) is 0 Å². The van der Waals surface area contributed by atoms with E-state index in [0.29, 0.717) is 25.3 Å². The fourth-order valence-electron chi connectivity index (χ4n) is 3.26. The van der Waals surface area contributed by atoms with Crippen LogP contribution in [0.5, 0.6) is 0 Å². The van der Waals surface area contributed by atoms with Crippen LogP contribution in [0.25, 0.3) is 0 Å². The summed E-state index contributed by atoms with van der Waals surface area (Å²) < 4.78 is 5.47. The van der Waals surface area contributed by atoms with Crippen LogP contribution in [0.3, 0.4) is 0 Å². The molecule has 136 valence electrons. The van der Waals surface area contributed by atoms with E-state index in [1.54, 1.807) is 4.90 Å². The molecule has 0 radical (unpaired) electrons. The predicted molar refractivity (Wildman–Crippen MR) is 98.2 cm³/mol. The molecule has 5 heteroatoms. The summed E-state index contributed by atoms with van der Waals surface area (Å²) >= 11 is 0. The van der Waals surface area contributed by atoms with Crippen molar-refractivity contribution in [3.05, 3.63) is 71.3 Å². The molecule has 1 aliphatic rings. The van der Waals surface area contributed by atoms with E-state index in [1.807, 2.05) is 42.5 Å². The van der Waals surface area contributed by atoms with Gasteiger partial charge in [-0.3, -0.25) is 9.59 Å². The van der Waals surface area contributed by atoms with E-state index in [4.69, 9.17) is 9.84 Å². The Morgan fingerprint density at radius 3 is 2.54 bits per heavy atom. The molecule has 0 saturated carbocycles. The van der Waals surface area contributed by atoms with Crippen LogP contribution in [-0.4, -0.2) is 47.7 Å². The number of morpholine rings is 1. The van der Waals surface area contributed by atoms with Crippen LogP contribution in [-0.2, 0) is 22.4 Å². The molecule has 1 saturated heterocycles. The Labute approximate surface area is 153 Å². The number of aryl methyl sites for hydroxylation is 2. The molecule has 1 atom stereocenters. The van der Waals surface area contributed by atoms with Crippen molar-refractivity contribution < 1.29 is 19.4 Å². The molecule has 0 aromatic heterocycles. The standard InChI is InChI=1S/C21H23NO4/c23-20(24)14-18-15-22(12-13-26-18)21(25)19-9-5-4-8-17(19)11-10-16-6-2-1-3-7-16/h1-9,18H,10-15H2,(H,23,24)/t18-/m0/s1. The van der Waals surface area contributed by atoms with Crippen molar-refractivity contribution in [2.45, 2.75) is 25.4 Å². The third-order valence-electron chi connectivity index (χ3n) is 4.60. The summed E-state index contributed by atoms with van der Waals surface area (Å²) in [6, 6.07) is 17.9. The minimum absolute atomic E-state index is 0.0487. The van der Waals surface area contributed by atoms with Gasteiger partial charge < -0.3 is 14.7 Å². The topological polar surface area (TPSA) is 66.8 Å². The van der Waals surface area contributed by atoms with E-state index in [-0.39, 0.29) is 12.3 Å². The van der Waals surface area contributed by atoms with Crippen LogP contribution in [0.2, 0.25) is 0 Å². The molecular weight excluding hydrogens is 330 g/mol. The lowest BCUT2D eigenvalue weighted by molar-refractivity contribution is -0.141. The summed E-state index contributed by atoms with van der Waals surface area (Å²) in [4.78, 5) is 25.6. The first-order valence-electron chi connectivity index (χ1n) is 8.88. The molecule has 5 nitrogen and oxygen atoms in total. The Hall–Kier alpha value is -2.66. The summed E-state index contributed by atoms with van der Waals surface area (Å²) in [7, 11) is 0. The van der Waals surface area contributed by atoms with Crippen molar-refractivity contribution in [1.82, 2.24) is 4.90 Å². The molecule has 1 amide bonds. The number of carbonyl (C=O) groups excluding carboxylic acids is 1. The second-order valence-corrected chi connectivity index (χ2v) is 6.48. The lowest BCUT2D eigenvalue weighted by Gasteiger charge is -2.32. The first kappa shape index (κ1) is 18.1. The monoisotopic (exact) mass is 353 g/mol. The molecule has 26 heavy (non-hydrogen) atoms. The predicted octanol–water partition coefficient (Wildman–Crippen LogP) is 2.79. The minimum Gasteiger partial charge on any atom is -0.481 e. The molecular formula is C21H23NO4. The Morgan fingerprint density at radius 1 is 1.04 bits per heavy atom. The Balaban J connectivity index is 1.70. The molecule has 2 aromatic carbocycles. The number of nitrogens with zero attached hydrogens (tertiary/aromatic N) is 1. The quantitative estimate of drug-likeness (QED) is 0.867. The van der Waals surface area contributed by atoms with E-state index in [0.717, 1.165) is 18.4 Å². The van der Waals surface area contributed by atoms with Gasteiger partial charge >= 0.3 is 5.97 Å². The van der Waals surface area contributed by atoms with Crippen molar-refractivity contribution in [2.75, 3.05) is 19.7 Å². The molecule has 1 fully saturated rings. The molecule has 0 spiro atoms. The average molecular weight is 353 g/mol. The third kappa shape index (κ3) is 4.70. The van der Waals surface area contributed by atoms with E-state index in [9.17, 15) is 9.59 Å². The molecule has 1 N–H and O–H groups in total. The van der Waals surface area contributed by atoms with Crippen LogP contribution >= 0.6 is 0 Å². The van der Waals surface area contributed by atoms with Gasteiger partial charge in [0.25, 0.3) is 5.91 Å². The van der Waals surface area contributed by atoms with Gasteiger partial charge in [-0.25, -0.2) is 0 Å². The fourth-order valence-corrected chi connectivity index (χ4v) is 3.26. The normalized spacial score (nSPS) is 17.1. The van der Waals surface area contributed by atoms with Crippen LogP contribution in [0, 0.1) is 0 Å². The van der Waals surface area contributed by atoms with Gasteiger partial charge in [-0.1, -0.05) is 48.5 Å². The number of amides is 1. The number of hydrogen-bond donors (Lipinski definition) is 1. The highest BCUT2D eigenvalue weighted by Crippen LogP contribution is 2.18. The second kappa shape index (κ2) is 8.63. The number of carboxylic acids is 1. The molecule has 1 heterocycles. The van der Waals surface area contributed by atoms with Gasteiger partial charge in [0.2, 0.25) is 0 Å². The van der Waals surface area contributed by atoms with Crippen LogP contribution in [0.15, 0.2) is 54.6 Å². The van der Waals surface area contributed by atoms with E-state index in [1.165, 1.54) is 5.56 Å². The van der Waals surface area contributed by atoms with Crippen LogP contribution < -0.4 is 0 Å². The molecule has 0 aliphatic carbocycles. The molecule has 2 aromatic rings. The second-order valence-electron chi connectivity index (χ2n) is 6.48. The lowest BCUT2D eigenvalue weighted by Crippen LogP contribution is -2.46. The average Bonchev–Trinajstić information content (AvgIpc) is 2.66. The van der Waals surface area contributed by atoms with E-state index < -0.39 is 12.1 Å². The number of rotatable bonds is 6. The smallest absolute Gasteiger partial charge is 0.306 e. The highest BCUT2D eigenvalue weighted by molar-refractivity contribution is 5.95. The van der Waals surface area contributed by atoms with Crippen LogP contribution in [0.1, 0.15) is 27.9 Å². The summed E-state index contributed by atoms with van der Waals surface area (Å²) in [5.41, 5.74) is 2.95. The van der Waals surface area contributed by atoms with Gasteiger partial charge in [0, 0.05) is 18.7 Å². The highest BCUT2D eigenvalue weighted by atomic mass is 16.5. The number of hydrogen-bond acceptors (Lipinski definition) is 3. The number of ether oxygens (including phenoxy) is 1. The van der Waals surface area contributed by atoms with Crippen molar-refractivity contribution in [3.63, 3.8) is 0 Å². The van der Waals surface area contributed by atoms with Crippen molar-refractivity contribution in [1.29, 1.82) is 0 Å². The zero-order chi connectivity index (χ0) is 18.4. The molecule has 3 rings (SSSR count). The summed E-state index contributed by atoms with van der Waals surface area (Å²) in [5, 5.41) is 8.95. The van der Waals surface area contributed by atoms with Gasteiger partial charge in [0.05, 0.1) is 19.1 Å². The Bertz CT molecular complexity index is 760. The maximum absolute atomic E-state index is 13.0. The summed E-state index contributed by atoms with van der Waals surface area (Å²) in [6.07, 6.45) is 1.13. The Kier molecular flexibility index (Phi) is 6.02. The summed E-state index contributed by atoms with van der Waals surface area (Å²) in [5.74, 6) is -0.958. The maximum Gasteiger partial charge on any atom is 0.306 e. The van der Waals surface area contributed by atoms with Gasteiger partial charge in [-0.2, -0.15) is 0 Å². The minimum atomic E-state index is -0.910. The lowest BCUT2D eigenvalue weighted by atomic mass is 9.98. The highest BCUT2D eigenvalue weighted by Gasteiger charge is 2.27. The number of carboxylic acid groups (broad SMARTS) is 1. The zero-order valence-electron chi connectivity index (χ0n) is 14.6.